The Bertz CT molecular complexity index is 982. The molecule has 2 N–H and O–H groups in total. The predicted molar refractivity (Wildman–Crippen MR) is 129 cm³/mol. The summed E-state index contributed by atoms with van der Waals surface area (Å²) in [4.78, 5) is 31.9. The van der Waals surface area contributed by atoms with Gasteiger partial charge in [-0.1, -0.05) is 19.1 Å². The van der Waals surface area contributed by atoms with Crippen molar-refractivity contribution in [1.29, 1.82) is 0 Å². The zero-order chi connectivity index (χ0) is 22.7. The monoisotopic (exact) mass is 456 g/mol. The largest absolute Gasteiger partial charge is 0.495 e. The molecule has 8 heteroatoms. The number of anilines is 2. The number of nitrogens with one attached hydrogen (secondary N) is 2. The minimum atomic E-state index is -0.198. The van der Waals surface area contributed by atoms with Crippen LogP contribution in [0.25, 0.3) is 0 Å². The molecule has 1 atom stereocenters. The summed E-state index contributed by atoms with van der Waals surface area (Å²) < 4.78 is 5.39. The van der Waals surface area contributed by atoms with Crippen LogP contribution in [0.5, 0.6) is 5.75 Å². The zero-order valence-corrected chi connectivity index (χ0v) is 19.9. The SMILES string of the molecule is COc1ccccc1NC(=O)c1c(NC(=O)CN2CCN(C)CC2)sc2c1CC[C@H](C)C2. The molecule has 1 aromatic carbocycles. The fourth-order valence-corrected chi connectivity index (χ4v) is 5.81. The Morgan fingerprint density at radius 2 is 1.91 bits per heavy atom. The second-order valence-electron chi connectivity index (χ2n) is 8.84. The number of benzene rings is 1. The van der Waals surface area contributed by atoms with Gasteiger partial charge in [0.05, 0.1) is 24.9 Å². The van der Waals surface area contributed by atoms with Crippen LogP contribution in [0.4, 0.5) is 10.7 Å². The highest BCUT2D eigenvalue weighted by Gasteiger charge is 2.29. The van der Waals surface area contributed by atoms with Crippen molar-refractivity contribution in [3.8, 4) is 5.75 Å². The van der Waals surface area contributed by atoms with E-state index in [0.717, 1.165) is 51.0 Å². The first-order valence-corrected chi connectivity index (χ1v) is 12.1. The lowest BCUT2D eigenvalue weighted by atomic mass is 9.88. The summed E-state index contributed by atoms with van der Waals surface area (Å²) in [6.45, 7) is 6.27. The Morgan fingerprint density at radius 3 is 2.66 bits per heavy atom. The first-order valence-electron chi connectivity index (χ1n) is 11.2. The molecule has 2 amide bonds. The summed E-state index contributed by atoms with van der Waals surface area (Å²) in [7, 11) is 3.68. The summed E-state index contributed by atoms with van der Waals surface area (Å²) in [5.74, 6) is 0.934. The molecule has 7 nitrogen and oxygen atoms in total. The lowest BCUT2D eigenvalue weighted by Gasteiger charge is -2.31. The second kappa shape index (κ2) is 10.0. The number of carbonyl (C=O) groups excluding carboxylic acids is 2. The Balaban J connectivity index is 1.55. The fourth-order valence-electron chi connectivity index (χ4n) is 4.39. The minimum Gasteiger partial charge on any atom is -0.495 e. The lowest BCUT2D eigenvalue weighted by Crippen LogP contribution is -2.47. The van der Waals surface area contributed by atoms with E-state index in [1.807, 2.05) is 24.3 Å². The molecule has 0 radical (unpaired) electrons. The first-order chi connectivity index (χ1) is 15.4. The molecule has 0 unspecified atom stereocenters. The number of para-hydroxylation sites is 2. The van der Waals surface area contributed by atoms with Crippen LogP contribution in [0.1, 0.15) is 34.1 Å². The molecular formula is C24H32N4O3S. The average Bonchev–Trinajstić information content (AvgIpc) is 3.12. The number of likely N-dealkylation sites (N-methyl/N-ethyl adjacent to an activating group) is 1. The lowest BCUT2D eigenvalue weighted by molar-refractivity contribution is -0.117. The number of rotatable bonds is 6. The number of fused-ring (bicyclic) bond motifs is 1. The van der Waals surface area contributed by atoms with Crippen LogP contribution < -0.4 is 15.4 Å². The van der Waals surface area contributed by atoms with Crippen molar-refractivity contribution in [3.63, 3.8) is 0 Å². The van der Waals surface area contributed by atoms with Crippen LogP contribution in [0.2, 0.25) is 0 Å². The van der Waals surface area contributed by atoms with E-state index < -0.39 is 0 Å². The average molecular weight is 457 g/mol. The Kier molecular flexibility index (Phi) is 7.13. The van der Waals surface area contributed by atoms with Crippen molar-refractivity contribution in [2.45, 2.75) is 26.2 Å². The number of hydrogen-bond acceptors (Lipinski definition) is 6. The van der Waals surface area contributed by atoms with Crippen LogP contribution >= 0.6 is 11.3 Å². The van der Waals surface area contributed by atoms with Crippen molar-refractivity contribution in [1.82, 2.24) is 9.80 Å². The predicted octanol–water partition coefficient (Wildman–Crippen LogP) is 3.32. The van der Waals surface area contributed by atoms with Gasteiger partial charge in [0.2, 0.25) is 5.91 Å². The molecular weight excluding hydrogens is 424 g/mol. The number of ether oxygens (including phenoxy) is 1. The van der Waals surface area contributed by atoms with E-state index in [-0.39, 0.29) is 11.8 Å². The molecule has 1 aliphatic heterocycles. The van der Waals surface area contributed by atoms with E-state index in [4.69, 9.17) is 4.74 Å². The Hall–Kier alpha value is -2.42. The number of thiophene rings is 1. The van der Waals surface area contributed by atoms with Gasteiger partial charge in [0.25, 0.3) is 5.91 Å². The highest BCUT2D eigenvalue weighted by molar-refractivity contribution is 7.17. The summed E-state index contributed by atoms with van der Waals surface area (Å²) >= 11 is 1.55. The summed E-state index contributed by atoms with van der Waals surface area (Å²) in [5, 5.41) is 6.73. The zero-order valence-electron chi connectivity index (χ0n) is 19.1. The van der Waals surface area contributed by atoms with Gasteiger partial charge in [-0.25, -0.2) is 0 Å². The van der Waals surface area contributed by atoms with Crippen LogP contribution in [0.3, 0.4) is 0 Å². The molecule has 32 heavy (non-hydrogen) atoms. The van der Waals surface area contributed by atoms with E-state index in [1.54, 1.807) is 18.4 Å². The fraction of sp³-hybridized carbons (Fsp3) is 0.500. The molecule has 1 saturated heterocycles. The van der Waals surface area contributed by atoms with Gasteiger partial charge in [-0.15, -0.1) is 11.3 Å². The summed E-state index contributed by atoms with van der Waals surface area (Å²) in [6, 6.07) is 7.37. The number of amides is 2. The van der Waals surface area contributed by atoms with Crippen LogP contribution in [0, 0.1) is 5.92 Å². The van der Waals surface area contributed by atoms with Gasteiger partial charge in [0, 0.05) is 31.1 Å². The number of hydrogen-bond donors (Lipinski definition) is 2. The molecule has 2 aromatic rings. The van der Waals surface area contributed by atoms with Crippen molar-refractivity contribution in [2.24, 2.45) is 5.92 Å². The molecule has 172 valence electrons. The standard InChI is InChI=1S/C24H32N4O3S/c1-16-8-9-17-20(14-16)32-24(26-21(29)15-28-12-10-27(2)11-13-28)22(17)23(30)25-18-6-4-5-7-19(18)31-3/h4-7,16H,8-15H2,1-3H3,(H,25,30)(H,26,29)/t16-/m0/s1. The minimum absolute atomic E-state index is 0.0625. The van der Waals surface area contributed by atoms with Gasteiger partial charge in [0.15, 0.2) is 0 Å². The van der Waals surface area contributed by atoms with Crippen molar-refractivity contribution in [2.75, 3.05) is 57.5 Å². The molecule has 0 saturated carbocycles. The molecule has 4 rings (SSSR count). The molecule has 1 aliphatic carbocycles. The number of piperazine rings is 1. The van der Waals surface area contributed by atoms with Crippen molar-refractivity contribution >= 4 is 33.8 Å². The number of carbonyl (C=O) groups is 2. The number of methoxy groups -OCH3 is 1. The molecule has 0 spiro atoms. The molecule has 2 aliphatic rings. The third-order valence-electron chi connectivity index (χ3n) is 6.31. The highest BCUT2D eigenvalue weighted by Crippen LogP contribution is 2.40. The maximum absolute atomic E-state index is 13.4. The molecule has 2 heterocycles. The molecule has 1 fully saturated rings. The van der Waals surface area contributed by atoms with E-state index in [0.29, 0.717) is 34.5 Å². The van der Waals surface area contributed by atoms with E-state index >= 15 is 0 Å². The van der Waals surface area contributed by atoms with E-state index in [9.17, 15) is 9.59 Å². The van der Waals surface area contributed by atoms with Gasteiger partial charge in [-0.05, 0) is 49.9 Å². The third-order valence-corrected chi connectivity index (χ3v) is 7.48. The third kappa shape index (κ3) is 5.14. The maximum atomic E-state index is 13.4. The summed E-state index contributed by atoms with van der Waals surface area (Å²) in [5.41, 5.74) is 2.31. The van der Waals surface area contributed by atoms with Crippen LogP contribution in [-0.2, 0) is 17.6 Å². The van der Waals surface area contributed by atoms with Gasteiger partial charge in [0.1, 0.15) is 10.8 Å². The van der Waals surface area contributed by atoms with Gasteiger partial charge < -0.3 is 20.3 Å². The Labute approximate surface area is 193 Å². The van der Waals surface area contributed by atoms with Crippen LogP contribution in [-0.4, -0.2) is 68.5 Å². The topological polar surface area (TPSA) is 73.9 Å². The van der Waals surface area contributed by atoms with Crippen LogP contribution in [0.15, 0.2) is 24.3 Å². The van der Waals surface area contributed by atoms with Crippen molar-refractivity contribution < 1.29 is 14.3 Å². The quantitative estimate of drug-likeness (QED) is 0.698. The van der Waals surface area contributed by atoms with Gasteiger partial charge >= 0.3 is 0 Å². The molecule has 0 bridgehead atoms. The van der Waals surface area contributed by atoms with E-state index in [1.165, 1.54) is 4.88 Å². The maximum Gasteiger partial charge on any atom is 0.259 e. The van der Waals surface area contributed by atoms with Gasteiger partial charge in [-0.2, -0.15) is 0 Å². The first kappa shape index (κ1) is 22.8. The summed E-state index contributed by atoms with van der Waals surface area (Å²) in [6.07, 6.45) is 2.85. The Morgan fingerprint density at radius 1 is 1.16 bits per heavy atom. The highest BCUT2D eigenvalue weighted by atomic mass is 32.1. The molecule has 1 aromatic heterocycles. The second-order valence-corrected chi connectivity index (χ2v) is 9.94. The van der Waals surface area contributed by atoms with E-state index in [2.05, 4.69) is 34.4 Å². The number of nitrogens with zero attached hydrogens (tertiary/aromatic N) is 2. The van der Waals surface area contributed by atoms with Gasteiger partial charge in [-0.3, -0.25) is 14.5 Å². The smallest absolute Gasteiger partial charge is 0.259 e. The normalized spacial score (nSPS) is 19.3. The van der Waals surface area contributed by atoms with Crippen molar-refractivity contribution in [3.05, 3.63) is 40.3 Å².